The summed E-state index contributed by atoms with van der Waals surface area (Å²) in [5.41, 5.74) is 6.34. The van der Waals surface area contributed by atoms with Crippen molar-refractivity contribution in [2.75, 3.05) is 0 Å². The van der Waals surface area contributed by atoms with Gasteiger partial charge in [0.1, 0.15) is 11.6 Å². The highest BCUT2D eigenvalue weighted by Gasteiger charge is 2.15. The Morgan fingerprint density at radius 2 is 2.07 bits per heavy atom. The molecule has 0 aliphatic carbocycles. The maximum Gasteiger partial charge on any atom is 0.170 e. The van der Waals surface area contributed by atoms with E-state index in [1.807, 2.05) is 6.92 Å². The van der Waals surface area contributed by atoms with Crippen molar-refractivity contribution in [2.45, 2.75) is 19.9 Å². The molecular formula is C11H11F2NO. The van der Waals surface area contributed by atoms with E-state index in [9.17, 15) is 8.78 Å². The first-order chi connectivity index (χ1) is 7.17. The molecule has 2 rings (SSSR count). The highest BCUT2D eigenvalue weighted by molar-refractivity contribution is 5.82. The Hall–Kier alpha value is -1.42. The summed E-state index contributed by atoms with van der Waals surface area (Å²) in [6.45, 7) is 2.09. The Morgan fingerprint density at radius 3 is 2.67 bits per heavy atom. The van der Waals surface area contributed by atoms with Gasteiger partial charge >= 0.3 is 0 Å². The summed E-state index contributed by atoms with van der Waals surface area (Å²) in [4.78, 5) is 0. The van der Waals surface area contributed by atoms with Crippen LogP contribution in [-0.4, -0.2) is 0 Å². The zero-order valence-corrected chi connectivity index (χ0v) is 8.31. The molecule has 0 saturated carbocycles. The molecule has 15 heavy (non-hydrogen) atoms. The topological polar surface area (TPSA) is 39.2 Å². The molecule has 0 spiro atoms. The zero-order chi connectivity index (χ0) is 11.0. The minimum absolute atomic E-state index is 0.0914. The van der Waals surface area contributed by atoms with Gasteiger partial charge in [0, 0.05) is 17.0 Å². The fraction of sp³-hybridized carbons (Fsp3) is 0.273. The van der Waals surface area contributed by atoms with Crippen LogP contribution in [0, 0.1) is 11.6 Å². The number of halogens is 2. The first kappa shape index (κ1) is 10.1. The van der Waals surface area contributed by atoms with E-state index in [4.69, 9.17) is 10.2 Å². The van der Waals surface area contributed by atoms with Crippen molar-refractivity contribution < 1.29 is 13.2 Å². The van der Waals surface area contributed by atoms with Crippen molar-refractivity contribution in [1.29, 1.82) is 0 Å². The van der Waals surface area contributed by atoms with Gasteiger partial charge in [0.25, 0.3) is 0 Å². The first-order valence-corrected chi connectivity index (χ1v) is 4.76. The van der Waals surface area contributed by atoms with E-state index in [0.29, 0.717) is 17.6 Å². The third-order valence-corrected chi connectivity index (χ3v) is 2.43. The van der Waals surface area contributed by atoms with Gasteiger partial charge in [-0.2, -0.15) is 0 Å². The molecule has 0 saturated heterocycles. The van der Waals surface area contributed by atoms with Gasteiger partial charge in [-0.25, -0.2) is 8.78 Å². The van der Waals surface area contributed by atoms with Gasteiger partial charge in [-0.15, -0.1) is 0 Å². The van der Waals surface area contributed by atoms with Crippen LogP contribution in [-0.2, 0) is 13.0 Å². The predicted molar refractivity (Wildman–Crippen MR) is 53.4 cm³/mol. The summed E-state index contributed by atoms with van der Waals surface area (Å²) in [6.07, 6.45) is 0.641. The van der Waals surface area contributed by atoms with E-state index in [-0.39, 0.29) is 12.1 Å². The lowest BCUT2D eigenvalue weighted by Crippen LogP contribution is -1.97. The van der Waals surface area contributed by atoms with E-state index >= 15 is 0 Å². The summed E-state index contributed by atoms with van der Waals surface area (Å²) in [5, 5.41) is 0.482. The van der Waals surface area contributed by atoms with Gasteiger partial charge in [-0.05, 0) is 12.5 Å². The Kier molecular flexibility index (Phi) is 2.44. The zero-order valence-electron chi connectivity index (χ0n) is 8.31. The normalized spacial score (nSPS) is 11.2. The lowest BCUT2D eigenvalue weighted by molar-refractivity contribution is 0.513. The molecule has 1 heterocycles. The quantitative estimate of drug-likeness (QED) is 0.829. The van der Waals surface area contributed by atoms with Gasteiger partial charge < -0.3 is 10.2 Å². The van der Waals surface area contributed by atoms with Crippen LogP contribution in [0.2, 0.25) is 0 Å². The average molecular weight is 211 g/mol. The second kappa shape index (κ2) is 3.62. The molecular weight excluding hydrogens is 200 g/mol. The third-order valence-electron chi connectivity index (χ3n) is 2.43. The molecule has 2 N–H and O–H groups in total. The van der Waals surface area contributed by atoms with E-state index < -0.39 is 11.6 Å². The Labute approximate surface area is 85.7 Å². The van der Waals surface area contributed by atoms with Crippen molar-refractivity contribution in [3.63, 3.8) is 0 Å². The Morgan fingerprint density at radius 1 is 1.33 bits per heavy atom. The molecule has 0 amide bonds. The molecule has 4 heteroatoms. The molecule has 1 aromatic carbocycles. The summed E-state index contributed by atoms with van der Waals surface area (Å²) in [6, 6.07) is 2.09. The molecule has 0 fully saturated rings. The Balaban J connectivity index is 2.82. The summed E-state index contributed by atoms with van der Waals surface area (Å²) < 4.78 is 31.6. The van der Waals surface area contributed by atoms with Crippen molar-refractivity contribution in [3.05, 3.63) is 35.1 Å². The molecule has 80 valence electrons. The van der Waals surface area contributed by atoms with Gasteiger partial charge in [-0.1, -0.05) is 6.92 Å². The van der Waals surface area contributed by atoms with Gasteiger partial charge in [-0.3, -0.25) is 0 Å². The number of rotatable bonds is 2. The molecule has 2 nitrogen and oxygen atoms in total. The van der Waals surface area contributed by atoms with Gasteiger partial charge in [0.2, 0.25) is 0 Å². The number of nitrogens with two attached hydrogens (primary N) is 1. The lowest BCUT2D eigenvalue weighted by atomic mass is 10.1. The summed E-state index contributed by atoms with van der Waals surface area (Å²) in [5.74, 6) is -0.754. The van der Waals surface area contributed by atoms with Crippen LogP contribution in [0.15, 0.2) is 16.5 Å². The lowest BCUT2D eigenvalue weighted by Gasteiger charge is -1.95. The summed E-state index contributed by atoms with van der Waals surface area (Å²) in [7, 11) is 0. The SMILES string of the molecule is CCc1c(CN)oc2c(F)cc(F)cc12. The van der Waals surface area contributed by atoms with Gasteiger partial charge in [0.15, 0.2) is 11.4 Å². The van der Waals surface area contributed by atoms with E-state index in [1.165, 1.54) is 6.07 Å². The largest absolute Gasteiger partial charge is 0.456 e. The molecule has 0 atom stereocenters. The maximum atomic E-state index is 13.3. The van der Waals surface area contributed by atoms with Crippen molar-refractivity contribution in [2.24, 2.45) is 5.73 Å². The third kappa shape index (κ3) is 1.51. The minimum Gasteiger partial charge on any atom is -0.456 e. The van der Waals surface area contributed by atoms with Crippen LogP contribution in [0.5, 0.6) is 0 Å². The van der Waals surface area contributed by atoms with Crippen LogP contribution in [0.1, 0.15) is 18.2 Å². The number of aryl methyl sites for hydroxylation is 1. The van der Waals surface area contributed by atoms with Crippen molar-refractivity contribution >= 4 is 11.0 Å². The molecule has 0 aliphatic rings. The second-order valence-corrected chi connectivity index (χ2v) is 3.33. The van der Waals surface area contributed by atoms with Crippen LogP contribution >= 0.6 is 0 Å². The van der Waals surface area contributed by atoms with E-state index in [0.717, 1.165) is 11.6 Å². The molecule has 1 aromatic heterocycles. The first-order valence-electron chi connectivity index (χ1n) is 4.76. The number of fused-ring (bicyclic) bond motifs is 1. The Bertz CT molecular complexity index is 505. The number of furan rings is 1. The minimum atomic E-state index is -0.681. The second-order valence-electron chi connectivity index (χ2n) is 3.33. The fourth-order valence-electron chi connectivity index (χ4n) is 1.78. The fourth-order valence-corrected chi connectivity index (χ4v) is 1.78. The molecule has 0 bridgehead atoms. The molecule has 2 aromatic rings. The van der Waals surface area contributed by atoms with Crippen molar-refractivity contribution in [1.82, 2.24) is 0 Å². The average Bonchev–Trinajstić information content (AvgIpc) is 2.55. The van der Waals surface area contributed by atoms with Crippen molar-refractivity contribution in [3.8, 4) is 0 Å². The van der Waals surface area contributed by atoms with Gasteiger partial charge in [0.05, 0.1) is 6.54 Å². The highest BCUT2D eigenvalue weighted by atomic mass is 19.1. The molecule has 0 unspecified atom stereocenters. The van der Waals surface area contributed by atoms with Crippen LogP contribution < -0.4 is 5.73 Å². The van der Waals surface area contributed by atoms with Crippen LogP contribution in [0.4, 0.5) is 8.78 Å². The standard InChI is InChI=1S/C11H11F2NO/c1-2-7-8-3-6(12)4-9(13)11(8)15-10(7)5-14/h3-4H,2,5,14H2,1H3. The number of hydrogen-bond acceptors (Lipinski definition) is 2. The molecule has 0 aliphatic heterocycles. The monoisotopic (exact) mass is 211 g/mol. The maximum absolute atomic E-state index is 13.3. The van der Waals surface area contributed by atoms with E-state index in [1.54, 1.807) is 0 Å². The smallest absolute Gasteiger partial charge is 0.170 e. The summed E-state index contributed by atoms with van der Waals surface area (Å²) >= 11 is 0. The molecule has 0 radical (unpaired) electrons. The van der Waals surface area contributed by atoms with E-state index in [2.05, 4.69) is 0 Å². The van der Waals surface area contributed by atoms with Crippen LogP contribution in [0.25, 0.3) is 11.0 Å². The predicted octanol–water partition coefficient (Wildman–Crippen LogP) is 2.73. The number of hydrogen-bond donors (Lipinski definition) is 1. The van der Waals surface area contributed by atoms with Crippen LogP contribution in [0.3, 0.4) is 0 Å². The highest BCUT2D eigenvalue weighted by Crippen LogP contribution is 2.29. The number of benzene rings is 1.